The molecule has 0 N–H and O–H groups in total. The molecule has 0 saturated heterocycles. The topological polar surface area (TPSA) is 3.88 Å². The van der Waals surface area contributed by atoms with E-state index in [4.69, 9.17) is 0 Å². The third-order valence-electron chi connectivity index (χ3n) is 7.06. The third kappa shape index (κ3) is 2.61. The van der Waals surface area contributed by atoms with E-state index in [1.807, 2.05) is 12.1 Å². The van der Waals surface area contributed by atoms with Gasteiger partial charge < -0.3 is 0 Å². The van der Waals surface area contributed by atoms with Crippen LogP contribution in [0.3, 0.4) is 0 Å². The summed E-state index contributed by atoms with van der Waals surface area (Å²) in [5, 5.41) is 0. The first-order valence-corrected chi connectivity index (χ1v) is 10.2. The van der Waals surface area contributed by atoms with Gasteiger partial charge in [-0.3, -0.25) is 0 Å². The summed E-state index contributed by atoms with van der Waals surface area (Å²) in [5.74, 6) is 0. The standard InChI is InChI=1S/C24H33FN/c1-6-9-11-18-14-15-21-20(16-18)22-13-10-12-19(17-25)26(22)24(5,8-3)23(21,4)7-2/h10,12-16H,6-9,11,17H2,1-5H3/q+1. The van der Waals surface area contributed by atoms with Gasteiger partial charge in [0.05, 0.1) is 11.0 Å². The molecule has 2 heterocycles. The van der Waals surface area contributed by atoms with Gasteiger partial charge in [0, 0.05) is 25.5 Å². The van der Waals surface area contributed by atoms with Gasteiger partial charge in [-0.25, -0.2) is 4.39 Å². The molecule has 1 aromatic heterocycles. The predicted octanol–water partition coefficient (Wildman–Crippen LogP) is 6.26. The lowest BCUT2D eigenvalue weighted by molar-refractivity contribution is -0.772. The van der Waals surface area contributed by atoms with E-state index in [1.165, 1.54) is 35.2 Å². The average molecular weight is 355 g/mol. The van der Waals surface area contributed by atoms with Gasteiger partial charge in [0.2, 0.25) is 11.4 Å². The van der Waals surface area contributed by atoms with Crippen LogP contribution in [0.5, 0.6) is 0 Å². The van der Waals surface area contributed by atoms with Crippen LogP contribution < -0.4 is 4.57 Å². The summed E-state index contributed by atoms with van der Waals surface area (Å²) >= 11 is 0. The number of hydrogen-bond acceptors (Lipinski definition) is 0. The highest BCUT2D eigenvalue weighted by atomic mass is 19.1. The summed E-state index contributed by atoms with van der Waals surface area (Å²) in [6.45, 7) is 11.0. The number of fused-ring (bicyclic) bond motifs is 3. The molecule has 2 unspecified atom stereocenters. The Hall–Kier alpha value is -1.70. The monoisotopic (exact) mass is 354 g/mol. The summed E-state index contributed by atoms with van der Waals surface area (Å²) in [5.41, 5.74) is 5.90. The van der Waals surface area contributed by atoms with Crippen molar-refractivity contribution in [3.63, 3.8) is 0 Å². The molecule has 26 heavy (non-hydrogen) atoms. The van der Waals surface area contributed by atoms with Crippen LogP contribution in [0.2, 0.25) is 0 Å². The lowest BCUT2D eigenvalue weighted by Crippen LogP contribution is -2.69. The van der Waals surface area contributed by atoms with Crippen LogP contribution in [0, 0.1) is 0 Å². The number of unbranched alkanes of at least 4 members (excludes halogenated alkanes) is 1. The zero-order chi connectivity index (χ0) is 18.9. The van der Waals surface area contributed by atoms with Gasteiger partial charge in [0.25, 0.3) is 0 Å². The van der Waals surface area contributed by atoms with Crippen LogP contribution in [0.1, 0.15) is 77.1 Å². The van der Waals surface area contributed by atoms with Crippen LogP contribution in [-0.2, 0) is 24.0 Å². The first-order chi connectivity index (χ1) is 12.5. The van der Waals surface area contributed by atoms with Gasteiger partial charge in [0.1, 0.15) is 0 Å². The molecule has 1 aromatic carbocycles. The highest BCUT2D eigenvalue weighted by molar-refractivity contribution is 5.66. The van der Waals surface area contributed by atoms with Crippen LogP contribution >= 0.6 is 0 Å². The maximum Gasteiger partial charge on any atom is 0.213 e. The van der Waals surface area contributed by atoms with Crippen molar-refractivity contribution < 1.29 is 8.96 Å². The molecule has 0 aliphatic carbocycles. The van der Waals surface area contributed by atoms with Gasteiger partial charge in [-0.1, -0.05) is 39.3 Å². The van der Waals surface area contributed by atoms with Crippen LogP contribution in [0.15, 0.2) is 36.4 Å². The van der Waals surface area contributed by atoms with Gasteiger partial charge in [0.15, 0.2) is 12.2 Å². The lowest BCUT2D eigenvalue weighted by atomic mass is 9.60. The Morgan fingerprint density at radius 2 is 1.77 bits per heavy atom. The molecule has 2 aromatic rings. The van der Waals surface area contributed by atoms with E-state index in [0.717, 1.165) is 25.0 Å². The Labute approximate surface area is 158 Å². The van der Waals surface area contributed by atoms with Crippen molar-refractivity contribution in [2.24, 2.45) is 0 Å². The number of hydrogen-bond donors (Lipinski definition) is 0. The minimum Gasteiger partial charge on any atom is -0.239 e. The summed E-state index contributed by atoms with van der Waals surface area (Å²) in [6, 6.07) is 13.1. The molecule has 2 heteroatoms. The van der Waals surface area contributed by atoms with Crippen molar-refractivity contribution in [2.75, 3.05) is 0 Å². The summed E-state index contributed by atoms with van der Waals surface area (Å²) in [7, 11) is 0. The zero-order valence-electron chi connectivity index (χ0n) is 17.0. The minimum atomic E-state index is -0.423. The fourth-order valence-corrected chi connectivity index (χ4v) is 4.93. The molecule has 3 rings (SSSR count). The second-order valence-electron chi connectivity index (χ2n) is 8.17. The van der Waals surface area contributed by atoms with E-state index in [2.05, 4.69) is 63.5 Å². The van der Waals surface area contributed by atoms with E-state index >= 15 is 0 Å². The summed E-state index contributed by atoms with van der Waals surface area (Å²) in [4.78, 5) is 0. The van der Waals surface area contributed by atoms with Gasteiger partial charge in [-0.05, 0) is 49.4 Å². The Morgan fingerprint density at radius 1 is 1.00 bits per heavy atom. The molecule has 1 aliphatic heterocycles. The molecule has 1 nitrogen and oxygen atoms in total. The maximum absolute atomic E-state index is 13.9. The molecule has 0 spiro atoms. The van der Waals surface area contributed by atoms with E-state index in [9.17, 15) is 4.39 Å². The Bertz CT molecular complexity index is 797. The zero-order valence-corrected chi connectivity index (χ0v) is 17.0. The highest BCUT2D eigenvalue weighted by Crippen LogP contribution is 2.49. The largest absolute Gasteiger partial charge is 0.239 e. The van der Waals surface area contributed by atoms with Crippen molar-refractivity contribution in [3.05, 3.63) is 53.2 Å². The SMILES string of the molecule is CCCCc1ccc2c(c1)-c1cccc(CF)[n+]1C(C)(CC)C2(C)CC. The summed E-state index contributed by atoms with van der Waals surface area (Å²) < 4.78 is 16.3. The Balaban J connectivity index is 2.33. The molecular formula is C24H33FN+. The van der Waals surface area contributed by atoms with E-state index < -0.39 is 6.67 Å². The quantitative estimate of drug-likeness (QED) is 0.539. The molecule has 0 saturated carbocycles. The van der Waals surface area contributed by atoms with Crippen molar-refractivity contribution in [1.29, 1.82) is 0 Å². The molecule has 1 aliphatic rings. The number of rotatable bonds is 6. The number of benzene rings is 1. The lowest BCUT2D eigenvalue weighted by Gasteiger charge is -2.46. The number of aromatic nitrogens is 1. The number of nitrogens with zero attached hydrogens (tertiary/aromatic N) is 1. The van der Waals surface area contributed by atoms with E-state index in [0.29, 0.717) is 0 Å². The third-order valence-corrected chi connectivity index (χ3v) is 7.06. The number of pyridine rings is 1. The average Bonchev–Trinajstić information content (AvgIpc) is 2.69. The number of alkyl halides is 1. The predicted molar refractivity (Wildman–Crippen MR) is 107 cm³/mol. The van der Waals surface area contributed by atoms with Gasteiger partial charge in [-0.15, -0.1) is 0 Å². The number of halogens is 1. The van der Waals surface area contributed by atoms with Crippen LogP contribution in [0.4, 0.5) is 4.39 Å². The van der Waals surface area contributed by atoms with E-state index in [1.54, 1.807) is 0 Å². The Morgan fingerprint density at radius 3 is 2.38 bits per heavy atom. The minimum absolute atomic E-state index is 0.0245. The fourth-order valence-electron chi connectivity index (χ4n) is 4.93. The van der Waals surface area contributed by atoms with Crippen molar-refractivity contribution >= 4 is 0 Å². The molecule has 0 bridgehead atoms. The number of aryl methyl sites for hydroxylation is 1. The molecule has 140 valence electrons. The maximum atomic E-state index is 13.9. The van der Waals surface area contributed by atoms with Crippen LogP contribution in [0.25, 0.3) is 11.3 Å². The molecule has 0 fully saturated rings. The second-order valence-corrected chi connectivity index (χ2v) is 8.17. The van der Waals surface area contributed by atoms with Gasteiger partial charge in [-0.2, -0.15) is 4.57 Å². The second kappa shape index (κ2) is 7.13. The van der Waals surface area contributed by atoms with Crippen LogP contribution in [-0.4, -0.2) is 0 Å². The van der Waals surface area contributed by atoms with Crippen molar-refractivity contribution in [2.45, 2.75) is 84.4 Å². The molecule has 0 radical (unpaired) electrons. The van der Waals surface area contributed by atoms with Crippen molar-refractivity contribution in [1.82, 2.24) is 0 Å². The highest BCUT2D eigenvalue weighted by Gasteiger charge is 2.57. The first-order valence-electron chi connectivity index (χ1n) is 10.2. The molecular weight excluding hydrogens is 321 g/mol. The first kappa shape index (κ1) is 19.1. The van der Waals surface area contributed by atoms with Gasteiger partial charge >= 0.3 is 0 Å². The Kier molecular flexibility index (Phi) is 5.23. The molecule has 0 amide bonds. The van der Waals surface area contributed by atoms with Crippen molar-refractivity contribution in [3.8, 4) is 11.3 Å². The fraction of sp³-hybridized carbons (Fsp3) is 0.542. The molecule has 2 atom stereocenters. The summed E-state index contributed by atoms with van der Waals surface area (Å²) in [6.07, 6.45) is 5.53. The smallest absolute Gasteiger partial charge is 0.213 e. The normalized spacial score (nSPS) is 24.2. The van der Waals surface area contributed by atoms with E-state index in [-0.39, 0.29) is 11.0 Å².